The standard InChI is InChI=1S/C19H20N4O5/c1-3-13(2)22(19(24)16-8-5-11-27-16)10-9-17-20-18(21-28-17)14-6-4-7-15(12-14)23(25)26/h4-8,11-13H,3,9-10H2,1-2H3/t13-/m0/s1. The molecule has 0 N–H and O–H groups in total. The third-order valence-corrected chi connectivity index (χ3v) is 4.47. The molecular weight excluding hydrogens is 364 g/mol. The van der Waals surface area contributed by atoms with E-state index < -0.39 is 4.92 Å². The maximum Gasteiger partial charge on any atom is 0.289 e. The second-order valence-electron chi connectivity index (χ2n) is 6.30. The minimum atomic E-state index is -0.477. The quantitative estimate of drug-likeness (QED) is 0.429. The molecule has 0 bridgehead atoms. The molecule has 3 rings (SSSR count). The lowest BCUT2D eigenvalue weighted by Crippen LogP contribution is -2.39. The van der Waals surface area contributed by atoms with Gasteiger partial charge in [0.25, 0.3) is 11.6 Å². The summed E-state index contributed by atoms with van der Waals surface area (Å²) < 4.78 is 10.5. The monoisotopic (exact) mass is 384 g/mol. The van der Waals surface area contributed by atoms with Gasteiger partial charge in [-0.25, -0.2) is 0 Å². The van der Waals surface area contributed by atoms with Crippen molar-refractivity contribution in [1.82, 2.24) is 15.0 Å². The third-order valence-electron chi connectivity index (χ3n) is 4.47. The fourth-order valence-corrected chi connectivity index (χ4v) is 2.73. The average molecular weight is 384 g/mol. The van der Waals surface area contributed by atoms with E-state index in [1.54, 1.807) is 29.2 Å². The minimum Gasteiger partial charge on any atom is -0.459 e. The summed E-state index contributed by atoms with van der Waals surface area (Å²) in [5, 5.41) is 14.8. The van der Waals surface area contributed by atoms with Gasteiger partial charge in [-0.05, 0) is 25.5 Å². The van der Waals surface area contributed by atoms with Crippen LogP contribution in [0.4, 0.5) is 5.69 Å². The van der Waals surface area contributed by atoms with Gasteiger partial charge in [-0.15, -0.1) is 0 Å². The van der Waals surface area contributed by atoms with Gasteiger partial charge in [-0.2, -0.15) is 4.98 Å². The van der Waals surface area contributed by atoms with Gasteiger partial charge < -0.3 is 13.8 Å². The summed E-state index contributed by atoms with van der Waals surface area (Å²) in [5.41, 5.74) is 0.450. The number of nitrogens with zero attached hydrogens (tertiary/aromatic N) is 4. The lowest BCUT2D eigenvalue weighted by Gasteiger charge is -2.27. The number of nitro groups is 1. The molecule has 0 saturated heterocycles. The number of benzene rings is 1. The summed E-state index contributed by atoms with van der Waals surface area (Å²) in [6.07, 6.45) is 2.61. The number of amides is 1. The van der Waals surface area contributed by atoms with E-state index in [0.29, 0.717) is 24.4 Å². The van der Waals surface area contributed by atoms with Crippen molar-refractivity contribution < 1.29 is 18.7 Å². The van der Waals surface area contributed by atoms with Crippen molar-refractivity contribution in [2.24, 2.45) is 0 Å². The van der Waals surface area contributed by atoms with Crippen molar-refractivity contribution >= 4 is 11.6 Å². The van der Waals surface area contributed by atoms with Crippen LogP contribution in [0.5, 0.6) is 0 Å². The van der Waals surface area contributed by atoms with Crippen LogP contribution in [0.1, 0.15) is 36.7 Å². The van der Waals surface area contributed by atoms with Crippen LogP contribution in [0.3, 0.4) is 0 Å². The number of hydrogen-bond donors (Lipinski definition) is 0. The van der Waals surface area contributed by atoms with E-state index in [9.17, 15) is 14.9 Å². The van der Waals surface area contributed by atoms with E-state index in [4.69, 9.17) is 8.94 Å². The van der Waals surface area contributed by atoms with Gasteiger partial charge in [0.05, 0.1) is 11.2 Å². The summed E-state index contributed by atoms with van der Waals surface area (Å²) in [5.74, 6) is 0.703. The van der Waals surface area contributed by atoms with Crippen molar-refractivity contribution in [2.75, 3.05) is 6.54 Å². The second-order valence-corrected chi connectivity index (χ2v) is 6.30. The molecule has 0 aliphatic carbocycles. The maximum absolute atomic E-state index is 12.7. The van der Waals surface area contributed by atoms with Gasteiger partial charge in [0.1, 0.15) is 0 Å². The van der Waals surface area contributed by atoms with Gasteiger partial charge in [-0.1, -0.05) is 24.2 Å². The molecule has 1 aromatic carbocycles. The molecule has 2 heterocycles. The molecule has 0 aliphatic rings. The highest BCUT2D eigenvalue weighted by atomic mass is 16.6. The molecule has 1 atom stereocenters. The minimum absolute atomic E-state index is 0.0109. The zero-order valence-corrected chi connectivity index (χ0v) is 15.6. The molecule has 3 aromatic rings. The highest BCUT2D eigenvalue weighted by Crippen LogP contribution is 2.21. The Balaban J connectivity index is 1.72. The second kappa shape index (κ2) is 8.47. The van der Waals surface area contributed by atoms with Gasteiger partial charge >= 0.3 is 0 Å². The molecule has 1 amide bonds. The Kier molecular flexibility index (Phi) is 5.83. The molecule has 0 radical (unpaired) electrons. The Bertz CT molecular complexity index is 951. The van der Waals surface area contributed by atoms with Crippen molar-refractivity contribution in [2.45, 2.75) is 32.7 Å². The van der Waals surface area contributed by atoms with E-state index >= 15 is 0 Å². The number of non-ortho nitro benzene ring substituents is 1. The first kappa shape index (κ1) is 19.3. The third kappa shape index (κ3) is 4.25. The van der Waals surface area contributed by atoms with Crippen molar-refractivity contribution in [3.8, 4) is 11.4 Å². The first-order valence-electron chi connectivity index (χ1n) is 8.91. The van der Waals surface area contributed by atoms with Crippen LogP contribution in [-0.4, -0.2) is 38.5 Å². The predicted octanol–water partition coefficient (Wildman–Crippen LogP) is 3.72. The van der Waals surface area contributed by atoms with E-state index in [1.165, 1.54) is 18.4 Å². The Morgan fingerprint density at radius 3 is 2.82 bits per heavy atom. The zero-order chi connectivity index (χ0) is 20.1. The number of aromatic nitrogens is 2. The predicted molar refractivity (Wildman–Crippen MR) is 99.6 cm³/mol. The van der Waals surface area contributed by atoms with Crippen LogP contribution in [0.2, 0.25) is 0 Å². The van der Waals surface area contributed by atoms with Gasteiger partial charge in [0.2, 0.25) is 11.7 Å². The van der Waals surface area contributed by atoms with E-state index in [1.807, 2.05) is 13.8 Å². The molecule has 28 heavy (non-hydrogen) atoms. The Morgan fingerprint density at radius 1 is 1.32 bits per heavy atom. The van der Waals surface area contributed by atoms with Crippen LogP contribution < -0.4 is 0 Å². The molecule has 2 aromatic heterocycles. The number of furan rings is 1. The number of rotatable bonds is 8. The molecule has 0 spiro atoms. The summed E-state index contributed by atoms with van der Waals surface area (Å²) in [6, 6.07) is 9.34. The first-order chi connectivity index (χ1) is 13.5. The molecule has 0 aliphatic heterocycles. The molecule has 0 unspecified atom stereocenters. The van der Waals surface area contributed by atoms with Crippen molar-refractivity contribution in [3.63, 3.8) is 0 Å². The maximum atomic E-state index is 12.7. The van der Waals surface area contributed by atoms with Crippen LogP contribution in [0.25, 0.3) is 11.4 Å². The fourth-order valence-electron chi connectivity index (χ4n) is 2.73. The topological polar surface area (TPSA) is 116 Å². The fraction of sp³-hybridized carbons (Fsp3) is 0.316. The smallest absolute Gasteiger partial charge is 0.289 e. The number of hydrogen-bond acceptors (Lipinski definition) is 7. The largest absolute Gasteiger partial charge is 0.459 e. The lowest BCUT2D eigenvalue weighted by atomic mass is 10.2. The Hall–Kier alpha value is -3.49. The normalized spacial score (nSPS) is 11.9. The Morgan fingerprint density at radius 2 is 2.14 bits per heavy atom. The Labute approximate surface area is 161 Å². The molecular formula is C19H20N4O5. The molecule has 146 valence electrons. The van der Waals surface area contributed by atoms with Crippen LogP contribution in [0.15, 0.2) is 51.6 Å². The molecule has 9 nitrogen and oxygen atoms in total. The summed E-state index contributed by atoms with van der Waals surface area (Å²) in [4.78, 5) is 29.1. The van der Waals surface area contributed by atoms with Crippen LogP contribution >= 0.6 is 0 Å². The molecule has 0 fully saturated rings. The lowest BCUT2D eigenvalue weighted by molar-refractivity contribution is -0.384. The molecule has 9 heteroatoms. The van der Waals surface area contributed by atoms with Crippen molar-refractivity contribution in [1.29, 1.82) is 0 Å². The van der Waals surface area contributed by atoms with Gasteiger partial charge in [-0.3, -0.25) is 14.9 Å². The van der Waals surface area contributed by atoms with Crippen LogP contribution in [0, 0.1) is 10.1 Å². The molecule has 0 saturated carbocycles. The number of carbonyl (C=O) groups is 1. The van der Waals surface area contributed by atoms with Crippen LogP contribution in [-0.2, 0) is 6.42 Å². The number of carbonyl (C=O) groups excluding carboxylic acids is 1. The van der Waals surface area contributed by atoms with E-state index in [0.717, 1.165) is 6.42 Å². The SMILES string of the molecule is CC[C@H](C)N(CCc1nc(-c2cccc([N+](=O)[O-])c2)no1)C(=O)c1ccco1. The van der Waals surface area contributed by atoms with Gasteiger partial charge in [0.15, 0.2) is 5.76 Å². The van der Waals surface area contributed by atoms with E-state index in [-0.39, 0.29) is 29.2 Å². The summed E-state index contributed by atoms with van der Waals surface area (Å²) in [7, 11) is 0. The average Bonchev–Trinajstić information content (AvgIpc) is 3.40. The summed E-state index contributed by atoms with van der Waals surface area (Å²) >= 11 is 0. The highest BCUT2D eigenvalue weighted by molar-refractivity contribution is 5.91. The highest BCUT2D eigenvalue weighted by Gasteiger charge is 2.23. The zero-order valence-electron chi connectivity index (χ0n) is 15.6. The van der Waals surface area contributed by atoms with Gasteiger partial charge in [0, 0.05) is 36.7 Å². The first-order valence-corrected chi connectivity index (χ1v) is 8.91. The van der Waals surface area contributed by atoms with Crippen molar-refractivity contribution in [3.05, 3.63) is 64.4 Å². The van der Waals surface area contributed by atoms with E-state index in [2.05, 4.69) is 10.1 Å². The number of nitro benzene ring substituents is 1. The summed E-state index contributed by atoms with van der Waals surface area (Å²) in [6.45, 7) is 4.34.